The van der Waals surface area contributed by atoms with E-state index in [0.29, 0.717) is 38.5 Å². The van der Waals surface area contributed by atoms with E-state index in [0.717, 1.165) is 5.56 Å². The van der Waals surface area contributed by atoms with Crippen LogP contribution in [0.2, 0.25) is 5.02 Å². The minimum Gasteiger partial charge on any atom is -0.486 e. The van der Waals surface area contributed by atoms with Crippen molar-refractivity contribution >= 4 is 39.7 Å². The Balaban J connectivity index is 1.49. The molecule has 0 unspecified atom stereocenters. The van der Waals surface area contributed by atoms with Gasteiger partial charge < -0.3 is 9.84 Å². The van der Waals surface area contributed by atoms with Crippen LogP contribution in [0, 0.1) is 6.92 Å². The highest BCUT2D eigenvalue weighted by atomic mass is 79.9. The molecule has 182 valence electrons. The Morgan fingerprint density at radius 3 is 2.14 bits per heavy atom. The minimum absolute atomic E-state index is 0.375. The van der Waals surface area contributed by atoms with Crippen LogP contribution >= 0.6 is 27.5 Å². The summed E-state index contributed by atoms with van der Waals surface area (Å²) < 4.78 is 6.56. The zero-order valence-electron chi connectivity index (χ0n) is 19.5. The lowest BCUT2D eigenvalue weighted by molar-refractivity contribution is -0.136. The molecule has 0 aliphatic rings. The number of ether oxygens (including phenoxy) is 1. The molecule has 0 aromatic heterocycles. The number of halogens is 2. The zero-order chi connectivity index (χ0) is 25.5. The number of aryl methyl sites for hydroxylation is 1. The molecule has 0 heterocycles. The molecule has 0 atom stereocenters. The number of hydrazone groups is 1. The highest BCUT2D eigenvalue weighted by molar-refractivity contribution is 9.10. The van der Waals surface area contributed by atoms with Crippen LogP contribution < -0.4 is 10.2 Å². The summed E-state index contributed by atoms with van der Waals surface area (Å²) in [6.07, 6.45) is 1.45. The van der Waals surface area contributed by atoms with Gasteiger partial charge in [-0.2, -0.15) is 5.10 Å². The minimum atomic E-state index is -1.91. The highest BCUT2D eigenvalue weighted by Gasteiger charge is 2.39. The zero-order valence-corrected chi connectivity index (χ0v) is 21.8. The van der Waals surface area contributed by atoms with Crippen molar-refractivity contribution in [2.24, 2.45) is 5.10 Å². The lowest BCUT2D eigenvalue weighted by Crippen LogP contribution is -2.43. The van der Waals surface area contributed by atoms with E-state index in [4.69, 9.17) is 16.3 Å². The fourth-order valence-electron chi connectivity index (χ4n) is 3.67. The van der Waals surface area contributed by atoms with E-state index in [9.17, 15) is 9.90 Å². The number of hydrogen-bond donors (Lipinski definition) is 2. The molecular weight excluding hydrogens is 540 g/mol. The first-order chi connectivity index (χ1) is 17.4. The second-order valence-corrected chi connectivity index (χ2v) is 9.49. The molecule has 0 fully saturated rings. The molecule has 2 N–H and O–H groups in total. The normalized spacial score (nSPS) is 11.4. The van der Waals surface area contributed by atoms with Crippen LogP contribution in [-0.2, 0) is 17.0 Å². The van der Waals surface area contributed by atoms with Gasteiger partial charge in [0.2, 0.25) is 0 Å². The predicted molar refractivity (Wildman–Crippen MR) is 146 cm³/mol. The lowest BCUT2D eigenvalue weighted by Gasteiger charge is -2.27. The number of rotatable bonds is 8. The maximum absolute atomic E-state index is 13.2. The summed E-state index contributed by atoms with van der Waals surface area (Å²) in [4.78, 5) is 13.2. The van der Waals surface area contributed by atoms with E-state index in [1.54, 1.807) is 60.7 Å². The first kappa shape index (κ1) is 25.6. The monoisotopic (exact) mass is 562 g/mol. The molecule has 36 heavy (non-hydrogen) atoms. The second kappa shape index (κ2) is 11.5. The second-order valence-electron chi connectivity index (χ2n) is 8.23. The Labute approximate surface area is 223 Å². The molecular formula is C29H24BrClN2O3. The van der Waals surface area contributed by atoms with Crippen molar-refractivity contribution in [3.63, 3.8) is 0 Å². The maximum atomic E-state index is 13.2. The van der Waals surface area contributed by atoms with Gasteiger partial charge in [-0.05, 0) is 57.2 Å². The van der Waals surface area contributed by atoms with Crippen molar-refractivity contribution < 1.29 is 14.6 Å². The maximum Gasteiger partial charge on any atom is 0.281 e. The third-order valence-electron chi connectivity index (χ3n) is 5.62. The molecule has 0 radical (unpaired) electrons. The quantitative estimate of drug-likeness (QED) is 0.193. The number of benzene rings is 4. The summed E-state index contributed by atoms with van der Waals surface area (Å²) in [5.41, 5.74) is 4.27. The molecule has 0 bridgehead atoms. The van der Waals surface area contributed by atoms with Crippen molar-refractivity contribution in [2.45, 2.75) is 19.1 Å². The summed E-state index contributed by atoms with van der Waals surface area (Å²) in [5.74, 6) is -0.166. The van der Waals surface area contributed by atoms with Gasteiger partial charge in [0.1, 0.15) is 6.61 Å². The molecule has 4 rings (SSSR count). The lowest BCUT2D eigenvalue weighted by atomic mass is 9.85. The molecule has 1 amide bonds. The van der Waals surface area contributed by atoms with Crippen molar-refractivity contribution in [1.82, 2.24) is 5.43 Å². The summed E-state index contributed by atoms with van der Waals surface area (Å²) in [6, 6.07) is 29.0. The van der Waals surface area contributed by atoms with Crippen LogP contribution in [0.3, 0.4) is 0 Å². The Hall–Kier alpha value is -3.45. The van der Waals surface area contributed by atoms with Gasteiger partial charge in [0.05, 0.1) is 15.7 Å². The molecule has 5 nitrogen and oxygen atoms in total. The van der Waals surface area contributed by atoms with E-state index in [1.807, 2.05) is 43.3 Å². The third kappa shape index (κ3) is 5.85. The van der Waals surface area contributed by atoms with Gasteiger partial charge in [-0.3, -0.25) is 4.79 Å². The number of nitrogens with one attached hydrogen (secondary N) is 1. The Morgan fingerprint density at radius 1 is 1.00 bits per heavy atom. The molecule has 4 aromatic rings. The van der Waals surface area contributed by atoms with Crippen LogP contribution in [0.25, 0.3) is 0 Å². The van der Waals surface area contributed by atoms with E-state index < -0.39 is 11.5 Å². The van der Waals surface area contributed by atoms with Crippen molar-refractivity contribution in [1.29, 1.82) is 0 Å². The Kier molecular flexibility index (Phi) is 8.21. The van der Waals surface area contributed by atoms with Gasteiger partial charge in [-0.1, -0.05) is 102 Å². The summed E-state index contributed by atoms with van der Waals surface area (Å²) in [6.45, 7) is 2.41. The number of amides is 1. The smallest absolute Gasteiger partial charge is 0.281 e. The first-order valence-electron chi connectivity index (χ1n) is 11.2. The van der Waals surface area contributed by atoms with E-state index >= 15 is 0 Å². The predicted octanol–water partition coefficient (Wildman–Crippen LogP) is 6.38. The molecule has 4 aromatic carbocycles. The average Bonchev–Trinajstić information content (AvgIpc) is 2.89. The highest BCUT2D eigenvalue weighted by Crippen LogP contribution is 2.35. The Morgan fingerprint density at radius 2 is 1.58 bits per heavy atom. The number of nitrogens with zero attached hydrogens (tertiary/aromatic N) is 1. The topological polar surface area (TPSA) is 70.9 Å². The summed E-state index contributed by atoms with van der Waals surface area (Å²) >= 11 is 9.95. The SMILES string of the molecule is Cc1ccc(COc2c(Cl)cc(/C=N/NC(=O)C(O)(c3ccccc3)c3ccccc3)cc2Br)cc1. The third-order valence-corrected chi connectivity index (χ3v) is 6.49. The van der Waals surface area contributed by atoms with Crippen LogP contribution in [-0.4, -0.2) is 17.2 Å². The van der Waals surface area contributed by atoms with E-state index in [2.05, 4.69) is 26.5 Å². The average molecular weight is 564 g/mol. The van der Waals surface area contributed by atoms with E-state index in [-0.39, 0.29) is 0 Å². The van der Waals surface area contributed by atoms with Crippen LogP contribution in [0.5, 0.6) is 5.75 Å². The van der Waals surface area contributed by atoms with Gasteiger partial charge in [0.15, 0.2) is 11.4 Å². The molecule has 0 spiro atoms. The molecule has 0 saturated carbocycles. The molecule has 0 aliphatic heterocycles. The van der Waals surface area contributed by atoms with Crippen molar-refractivity contribution in [3.05, 3.63) is 134 Å². The van der Waals surface area contributed by atoms with Crippen LogP contribution in [0.1, 0.15) is 27.8 Å². The number of aliphatic hydroxyl groups is 1. The fourth-order valence-corrected chi connectivity index (χ4v) is 4.65. The van der Waals surface area contributed by atoms with Gasteiger partial charge in [-0.15, -0.1) is 0 Å². The van der Waals surface area contributed by atoms with Gasteiger partial charge in [-0.25, -0.2) is 5.43 Å². The fraction of sp³-hybridized carbons (Fsp3) is 0.103. The van der Waals surface area contributed by atoms with E-state index in [1.165, 1.54) is 11.8 Å². The van der Waals surface area contributed by atoms with Gasteiger partial charge in [0, 0.05) is 0 Å². The van der Waals surface area contributed by atoms with Gasteiger partial charge >= 0.3 is 0 Å². The molecule has 7 heteroatoms. The largest absolute Gasteiger partial charge is 0.486 e. The Bertz CT molecular complexity index is 1300. The standard InChI is InChI=1S/C29H24BrClN2O3/c1-20-12-14-21(15-13-20)19-36-27-25(30)16-22(17-26(27)31)18-32-33-28(34)29(35,23-8-4-2-5-9-23)24-10-6-3-7-11-24/h2-18,35H,19H2,1H3,(H,33,34)/b32-18+. The number of hydrogen-bond acceptors (Lipinski definition) is 4. The van der Waals surface area contributed by atoms with Crippen molar-refractivity contribution in [2.75, 3.05) is 0 Å². The first-order valence-corrected chi connectivity index (χ1v) is 12.4. The summed E-state index contributed by atoms with van der Waals surface area (Å²) in [5, 5.41) is 15.9. The van der Waals surface area contributed by atoms with Gasteiger partial charge in [0.25, 0.3) is 5.91 Å². The van der Waals surface area contributed by atoms with Crippen LogP contribution in [0.15, 0.2) is 107 Å². The molecule has 0 saturated heterocycles. The number of carbonyl (C=O) groups excluding carboxylic acids is 1. The summed E-state index contributed by atoms with van der Waals surface area (Å²) in [7, 11) is 0. The number of carbonyl (C=O) groups is 1. The van der Waals surface area contributed by atoms with Crippen LogP contribution in [0.4, 0.5) is 0 Å². The van der Waals surface area contributed by atoms with Crippen molar-refractivity contribution in [3.8, 4) is 5.75 Å². The molecule has 0 aliphatic carbocycles.